The summed E-state index contributed by atoms with van der Waals surface area (Å²) in [5, 5.41) is 11.6. The van der Waals surface area contributed by atoms with E-state index in [-0.39, 0.29) is 0 Å². The Labute approximate surface area is 170 Å². The summed E-state index contributed by atoms with van der Waals surface area (Å²) in [6, 6.07) is 24.5. The van der Waals surface area contributed by atoms with Gasteiger partial charge in [-0.25, -0.2) is 13.5 Å². The number of nitrogens with one attached hydrogen (secondary N) is 1. The van der Waals surface area contributed by atoms with E-state index in [1.807, 2.05) is 36.4 Å². The second-order valence-corrected chi connectivity index (χ2v) is 8.42. The summed E-state index contributed by atoms with van der Waals surface area (Å²) in [5.41, 5.74) is 1.82. The molecular weight excluding hydrogens is 388 g/mol. The van der Waals surface area contributed by atoms with Gasteiger partial charge in [0, 0.05) is 0 Å². The first-order valence-corrected chi connectivity index (χ1v) is 10.9. The number of benzene rings is 3. The number of hydroxylamine groups is 2. The molecule has 1 amide bonds. The van der Waals surface area contributed by atoms with Crippen LogP contribution in [0, 0.1) is 0 Å². The maximum Gasteiger partial charge on any atom is 0.269 e. The molecule has 0 aliphatic heterocycles. The number of nitrogens with zero attached hydrogens (tertiary/aromatic N) is 1. The molecule has 2 N–H and O–H groups in total. The zero-order chi connectivity index (χ0) is 20.9. The van der Waals surface area contributed by atoms with Crippen LogP contribution in [0.15, 0.2) is 91.0 Å². The zero-order valence-corrected chi connectivity index (χ0v) is 16.7. The minimum atomic E-state index is -3.71. The van der Waals surface area contributed by atoms with Gasteiger partial charge in [-0.05, 0) is 16.7 Å². The standard InChI is InChI=1S/C22H22N2O4S/c1-29(27,28)23-20(17-11-5-2-6-12-17)22(25)24(26)21(18-13-7-3-8-14-18)19-15-9-4-10-16-19/h2-16,20-21,23,26H,1H3/t20-/m1/s1. The van der Waals surface area contributed by atoms with Crippen molar-refractivity contribution in [3.05, 3.63) is 108 Å². The highest BCUT2D eigenvalue weighted by Crippen LogP contribution is 2.30. The molecule has 150 valence electrons. The van der Waals surface area contributed by atoms with Crippen molar-refractivity contribution in [3.8, 4) is 0 Å². The molecule has 1 atom stereocenters. The molecule has 0 bridgehead atoms. The fourth-order valence-corrected chi connectivity index (χ4v) is 3.79. The third kappa shape index (κ3) is 5.29. The first-order valence-electron chi connectivity index (χ1n) is 9.01. The maximum absolute atomic E-state index is 13.3. The monoisotopic (exact) mass is 410 g/mol. The van der Waals surface area contributed by atoms with Crippen molar-refractivity contribution in [2.45, 2.75) is 12.1 Å². The Kier molecular flexibility index (Phi) is 6.43. The Morgan fingerprint density at radius 3 is 1.55 bits per heavy atom. The molecule has 0 spiro atoms. The van der Waals surface area contributed by atoms with Crippen molar-refractivity contribution in [3.63, 3.8) is 0 Å². The van der Waals surface area contributed by atoms with Gasteiger partial charge in [0.05, 0.1) is 6.26 Å². The number of rotatable bonds is 7. The van der Waals surface area contributed by atoms with Crippen LogP contribution in [-0.4, -0.2) is 30.9 Å². The normalized spacial score (nSPS) is 12.5. The van der Waals surface area contributed by atoms with Crippen LogP contribution in [0.1, 0.15) is 28.8 Å². The molecule has 0 unspecified atom stereocenters. The predicted octanol–water partition coefficient (Wildman–Crippen LogP) is 3.28. The van der Waals surface area contributed by atoms with E-state index in [0.717, 1.165) is 6.26 Å². The number of carbonyl (C=O) groups excluding carboxylic acids is 1. The number of sulfonamides is 1. The molecule has 0 aromatic heterocycles. The Morgan fingerprint density at radius 1 is 0.793 bits per heavy atom. The average molecular weight is 410 g/mol. The van der Waals surface area contributed by atoms with Gasteiger partial charge in [-0.1, -0.05) is 91.0 Å². The van der Waals surface area contributed by atoms with E-state index < -0.39 is 28.0 Å². The Morgan fingerprint density at radius 2 is 1.17 bits per heavy atom. The van der Waals surface area contributed by atoms with Crippen LogP contribution in [-0.2, 0) is 14.8 Å². The third-order valence-electron chi connectivity index (χ3n) is 4.41. The Balaban J connectivity index is 2.03. The Hall–Kier alpha value is -3.00. The van der Waals surface area contributed by atoms with Crippen molar-refractivity contribution in [2.24, 2.45) is 0 Å². The van der Waals surface area contributed by atoms with Crippen LogP contribution in [0.2, 0.25) is 0 Å². The van der Waals surface area contributed by atoms with Gasteiger partial charge in [-0.15, -0.1) is 0 Å². The first-order chi connectivity index (χ1) is 13.9. The average Bonchev–Trinajstić information content (AvgIpc) is 2.73. The summed E-state index contributed by atoms with van der Waals surface area (Å²) in [6.45, 7) is 0. The van der Waals surface area contributed by atoms with E-state index in [0.29, 0.717) is 21.8 Å². The van der Waals surface area contributed by atoms with Crippen LogP contribution in [0.5, 0.6) is 0 Å². The summed E-state index contributed by atoms with van der Waals surface area (Å²) in [4.78, 5) is 13.3. The second-order valence-electron chi connectivity index (χ2n) is 6.64. The largest absolute Gasteiger partial charge is 0.285 e. The van der Waals surface area contributed by atoms with E-state index in [2.05, 4.69) is 4.72 Å². The molecule has 0 fully saturated rings. The van der Waals surface area contributed by atoms with E-state index in [4.69, 9.17) is 0 Å². The van der Waals surface area contributed by atoms with Crippen LogP contribution >= 0.6 is 0 Å². The number of amides is 1. The van der Waals surface area contributed by atoms with Crippen molar-refractivity contribution < 1.29 is 18.4 Å². The highest BCUT2D eigenvalue weighted by atomic mass is 32.2. The van der Waals surface area contributed by atoms with Crippen molar-refractivity contribution in [2.75, 3.05) is 6.26 Å². The van der Waals surface area contributed by atoms with E-state index in [1.165, 1.54) is 0 Å². The summed E-state index contributed by atoms with van der Waals surface area (Å²) < 4.78 is 26.1. The van der Waals surface area contributed by atoms with Crippen molar-refractivity contribution >= 4 is 15.9 Å². The minimum absolute atomic E-state index is 0.432. The first kappa shape index (κ1) is 20.7. The molecule has 6 nitrogen and oxygen atoms in total. The molecular formula is C22H22N2O4S. The molecule has 0 aliphatic carbocycles. The molecule has 0 heterocycles. The highest BCUT2D eigenvalue weighted by Gasteiger charge is 2.33. The zero-order valence-electron chi connectivity index (χ0n) is 15.8. The molecule has 7 heteroatoms. The van der Waals surface area contributed by atoms with Gasteiger partial charge in [0.15, 0.2) is 0 Å². The van der Waals surface area contributed by atoms with Crippen LogP contribution in [0.25, 0.3) is 0 Å². The summed E-state index contributed by atoms with van der Waals surface area (Å²) in [6.07, 6.45) is 0.976. The summed E-state index contributed by atoms with van der Waals surface area (Å²) in [5.74, 6) is -0.778. The van der Waals surface area contributed by atoms with E-state index in [1.54, 1.807) is 54.6 Å². The van der Waals surface area contributed by atoms with Crippen LogP contribution in [0.4, 0.5) is 0 Å². The number of hydrogen-bond acceptors (Lipinski definition) is 4. The smallest absolute Gasteiger partial charge is 0.269 e. The number of carbonyl (C=O) groups is 1. The number of hydrogen-bond donors (Lipinski definition) is 2. The highest BCUT2D eigenvalue weighted by molar-refractivity contribution is 7.88. The van der Waals surface area contributed by atoms with Gasteiger partial charge in [0.1, 0.15) is 12.1 Å². The summed E-state index contributed by atoms with van der Waals surface area (Å²) >= 11 is 0. The molecule has 3 aromatic carbocycles. The second kappa shape index (κ2) is 9.00. The predicted molar refractivity (Wildman–Crippen MR) is 111 cm³/mol. The molecule has 3 rings (SSSR count). The van der Waals surface area contributed by atoms with Gasteiger partial charge in [-0.3, -0.25) is 10.0 Å². The molecule has 3 aromatic rings. The molecule has 0 aliphatic rings. The summed E-state index contributed by atoms with van der Waals surface area (Å²) in [7, 11) is -3.71. The van der Waals surface area contributed by atoms with Crippen molar-refractivity contribution in [1.82, 2.24) is 9.79 Å². The van der Waals surface area contributed by atoms with E-state index in [9.17, 15) is 18.4 Å². The van der Waals surface area contributed by atoms with Crippen LogP contribution < -0.4 is 4.72 Å². The molecule has 29 heavy (non-hydrogen) atoms. The molecule has 0 saturated heterocycles. The lowest BCUT2D eigenvalue weighted by Gasteiger charge is -2.30. The SMILES string of the molecule is CS(=O)(=O)N[C@@H](C(=O)N(O)C(c1ccccc1)c1ccccc1)c1ccccc1. The lowest BCUT2D eigenvalue weighted by atomic mass is 9.97. The van der Waals surface area contributed by atoms with Crippen LogP contribution in [0.3, 0.4) is 0 Å². The fourth-order valence-electron chi connectivity index (χ4n) is 3.13. The van der Waals surface area contributed by atoms with Gasteiger partial charge < -0.3 is 0 Å². The topological polar surface area (TPSA) is 86.7 Å². The lowest BCUT2D eigenvalue weighted by molar-refractivity contribution is -0.175. The van der Waals surface area contributed by atoms with Gasteiger partial charge in [0.2, 0.25) is 10.0 Å². The Bertz CT molecular complexity index is 1000. The third-order valence-corrected chi connectivity index (χ3v) is 5.08. The molecule has 0 saturated carbocycles. The molecule has 0 radical (unpaired) electrons. The quantitative estimate of drug-likeness (QED) is 0.462. The lowest BCUT2D eigenvalue weighted by Crippen LogP contribution is -2.43. The minimum Gasteiger partial charge on any atom is -0.285 e. The van der Waals surface area contributed by atoms with Crippen molar-refractivity contribution in [1.29, 1.82) is 0 Å². The fraction of sp³-hybridized carbons (Fsp3) is 0.136. The van der Waals surface area contributed by atoms with Gasteiger partial charge in [-0.2, -0.15) is 4.72 Å². The van der Waals surface area contributed by atoms with Gasteiger partial charge >= 0.3 is 0 Å². The van der Waals surface area contributed by atoms with E-state index >= 15 is 0 Å². The van der Waals surface area contributed by atoms with Gasteiger partial charge in [0.25, 0.3) is 5.91 Å². The maximum atomic E-state index is 13.3.